The van der Waals surface area contributed by atoms with E-state index in [0.29, 0.717) is 21.5 Å². The highest BCUT2D eigenvalue weighted by atomic mass is 35.5. The Labute approximate surface area is 148 Å². The number of rotatable bonds is 2. The lowest BCUT2D eigenvalue weighted by molar-refractivity contribution is 0.102. The maximum Gasteiger partial charge on any atom is 0.434 e. The van der Waals surface area contributed by atoms with E-state index in [1.165, 1.54) is 4.90 Å². The number of carbonyl (C=O) groups is 3. The van der Waals surface area contributed by atoms with Crippen LogP contribution in [0.25, 0.3) is 0 Å². The van der Waals surface area contributed by atoms with Crippen molar-refractivity contribution in [2.75, 3.05) is 5.32 Å². The topological polar surface area (TPSA) is 105 Å². The van der Waals surface area contributed by atoms with E-state index in [2.05, 4.69) is 10.4 Å². The van der Waals surface area contributed by atoms with Gasteiger partial charge in [0.05, 0.1) is 17.8 Å². The Morgan fingerprint density at radius 2 is 1.88 bits per heavy atom. The van der Waals surface area contributed by atoms with Crippen LogP contribution in [-0.4, -0.2) is 37.2 Å². The number of nitrogens with zero attached hydrogens (tertiary/aromatic N) is 3. The first kappa shape index (κ1) is 17.0. The molecular formula is C16H15ClN4O4. The molecular weight excluding hydrogens is 348 g/mol. The van der Waals surface area contributed by atoms with Crippen molar-refractivity contribution in [3.63, 3.8) is 0 Å². The number of benzene rings is 1. The van der Waals surface area contributed by atoms with Gasteiger partial charge in [0, 0.05) is 11.1 Å². The summed E-state index contributed by atoms with van der Waals surface area (Å²) in [5.74, 6) is -0.455. The maximum absolute atomic E-state index is 12.4. The standard InChI is InChI=1S/C16H15ClN4O4/c1-16(2)11-10(8-20(16)14(17)23)12(21(19-11)15(24)25)18-13(22)9-6-4-3-5-7-9/h3-7H,8H2,1-2H3,(H,18,22)(H,24,25). The van der Waals surface area contributed by atoms with E-state index in [4.69, 9.17) is 11.6 Å². The number of hydrogen-bond acceptors (Lipinski definition) is 4. The Kier molecular flexibility index (Phi) is 4.00. The van der Waals surface area contributed by atoms with E-state index in [9.17, 15) is 19.5 Å². The van der Waals surface area contributed by atoms with E-state index in [0.717, 1.165) is 0 Å². The molecule has 0 bridgehead atoms. The minimum atomic E-state index is -1.34. The molecule has 130 valence electrons. The molecule has 2 heterocycles. The number of carbonyl (C=O) groups excluding carboxylic acids is 2. The maximum atomic E-state index is 12.4. The van der Waals surface area contributed by atoms with Crippen LogP contribution in [0.1, 0.15) is 35.5 Å². The third-order valence-corrected chi connectivity index (χ3v) is 4.42. The van der Waals surface area contributed by atoms with Gasteiger partial charge in [0.15, 0.2) is 0 Å². The fraction of sp³-hybridized carbons (Fsp3) is 0.250. The van der Waals surface area contributed by atoms with Crippen molar-refractivity contribution in [2.24, 2.45) is 0 Å². The van der Waals surface area contributed by atoms with Crippen LogP contribution in [0.2, 0.25) is 0 Å². The number of nitrogens with one attached hydrogen (secondary N) is 1. The normalized spacial score (nSPS) is 14.9. The predicted octanol–water partition coefficient (Wildman–Crippen LogP) is 3.07. The van der Waals surface area contributed by atoms with Crippen molar-refractivity contribution in [2.45, 2.75) is 25.9 Å². The summed E-state index contributed by atoms with van der Waals surface area (Å²) in [6.07, 6.45) is -1.34. The number of hydrogen-bond donors (Lipinski definition) is 2. The minimum Gasteiger partial charge on any atom is -0.463 e. The molecule has 1 aliphatic rings. The number of amides is 2. The first-order valence-corrected chi connectivity index (χ1v) is 7.80. The average Bonchev–Trinajstić information content (AvgIpc) is 3.04. The van der Waals surface area contributed by atoms with Gasteiger partial charge in [-0.05, 0) is 37.6 Å². The van der Waals surface area contributed by atoms with E-state index < -0.39 is 22.9 Å². The van der Waals surface area contributed by atoms with Crippen molar-refractivity contribution in [1.29, 1.82) is 0 Å². The lowest BCUT2D eigenvalue weighted by Gasteiger charge is -2.29. The molecule has 25 heavy (non-hydrogen) atoms. The van der Waals surface area contributed by atoms with Gasteiger partial charge < -0.3 is 15.3 Å². The third kappa shape index (κ3) is 2.74. The smallest absolute Gasteiger partial charge is 0.434 e. The molecule has 9 heteroatoms. The zero-order chi connectivity index (χ0) is 18.4. The molecule has 0 spiro atoms. The third-order valence-electron chi connectivity index (χ3n) is 4.22. The van der Waals surface area contributed by atoms with Crippen molar-refractivity contribution < 1.29 is 19.5 Å². The summed E-state index contributed by atoms with van der Waals surface area (Å²) in [6, 6.07) is 8.38. The lowest BCUT2D eigenvalue weighted by atomic mass is 10.0. The molecule has 0 aliphatic carbocycles. The molecule has 0 unspecified atom stereocenters. The Balaban J connectivity index is 2.05. The highest BCUT2D eigenvalue weighted by Crippen LogP contribution is 2.42. The van der Waals surface area contributed by atoms with E-state index in [-0.39, 0.29) is 12.4 Å². The van der Waals surface area contributed by atoms with Crippen LogP contribution in [0, 0.1) is 0 Å². The number of halogens is 1. The van der Waals surface area contributed by atoms with Crippen molar-refractivity contribution in [3.05, 3.63) is 47.2 Å². The van der Waals surface area contributed by atoms with Gasteiger partial charge in [0.2, 0.25) is 0 Å². The zero-order valence-electron chi connectivity index (χ0n) is 13.5. The molecule has 0 fully saturated rings. The summed E-state index contributed by atoms with van der Waals surface area (Å²) >= 11 is 5.62. The fourth-order valence-corrected chi connectivity index (χ4v) is 3.16. The van der Waals surface area contributed by atoms with Crippen LogP contribution >= 0.6 is 11.6 Å². The Hall–Kier alpha value is -2.87. The summed E-state index contributed by atoms with van der Waals surface area (Å²) in [5.41, 5.74) is 0.316. The van der Waals surface area contributed by atoms with Crippen molar-refractivity contribution >= 4 is 34.8 Å². The average molecular weight is 363 g/mol. The van der Waals surface area contributed by atoms with Crippen LogP contribution in [0.4, 0.5) is 15.4 Å². The molecule has 2 aromatic rings. The van der Waals surface area contributed by atoms with Gasteiger partial charge in [-0.1, -0.05) is 18.2 Å². The largest absolute Gasteiger partial charge is 0.463 e. The number of fused-ring (bicyclic) bond motifs is 1. The molecule has 0 radical (unpaired) electrons. The Morgan fingerprint density at radius 1 is 1.24 bits per heavy atom. The van der Waals surface area contributed by atoms with Gasteiger partial charge in [-0.2, -0.15) is 5.10 Å². The van der Waals surface area contributed by atoms with Crippen LogP contribution in [-0.2, 0) is 12.1 Å². The van der Waals surface area contributed by atoms with E-state index in [1.807, 2.05) is 0 Å². The first-order valence-electron chi connectivity index (χ1n) is 7.42. The van der Waals surface area contributed by atoms with Crippen LogP contribution < -0.4 is 5.32 Å². The molecule has 3 rings (SSSR count). The monoisotopic (exact) mass is 362 g/mol. The number of anilines is 1. The number of aromatic nitrogens is 2. The molecule has 1 aromatic heterocycles. The lowest BCUT2D eigenvalue weighted by Crippen LogP contribution is -2.38. The molecule has 0 atom stereocenters. The van der Waals surface area contributed by atoms with Gasteiger partial charge in [-0.25, -0.2) is 4.79 Å². The summed E-state index contributed by atoms with van der Waals surface area (Å²) in [7, 11) is 0. The molecule has 0 saturated carbocycles. The highest BCUT2D eigenvalue weighted by molar-refractivity contribution is 6.62. The molecule has 1 aliphatic heterocycles. The fourth-order valence-electron chi connectivity index (χ4n) is 2.89. The van der Waals surface area contributed by atoms with Gasteiger partial charge in [-0.15, -0.1) is 4.68 Å². The molecule has 0 saturated heterocycles. The predicted molar refractivity (Wildman–Crippen MR) is 89.9 cm³/mol. The quantitative estimate of drug-likeness (QED) is 0.631. The highest BCUT2D eigenvalue weighted by Gasteiger charge is 2.45. The van der Waals surface area contributed by atoms with Crippen LogP contribution in [0.5, 0.6) is 0 Å². The Morgan fingerprint density at radius 3 is 2.44 bits per heavy atom. The molecule has 2 amide bonds. The molecule has 8 nitrogen and oxygen atoms in total. The first-order chi connectivity index (χ1) is 11.7. The second-order valence-electron chi connectivity index (χ2n) is 6.09. The van der Waals surface area contributed by atoms with Crippen LogP contribution in [0.15, 0.2) is 30.3 Å². The van der Waals surface area contributed by atoms with Crippen LogP contribution in [0.3, 0.4) is 0 Å². The van der Waals surface area contributed by atoms with Gasteiger partial charge in [0.25, 0.3) is 5.91 Å². The van der Waals surface area contributed by atoms with E-state index in [1.54, 1.807) is 44.2 Å². The summed E-state index contributed by atoms with van der Waals surface area (Å²) in [5, 5.41) is 15.4. The SMILES string of the molecule is CC1(C)c2nn(C(=O)O)c(NC(=O)c3ccccc3)c2CN1C(=O)Cl. The summed E-state index contributed by atoms with van der Waals surface area (Å²) in [6.45, 7) is 3.48. The molecule has 1 aromatic carbocycles. The minimum absolute atomic E-state index is 0.0184. The zero-order valence-corrected chi connectivity index (χ0v) is 14.2. The summed E-state index contributed by atoms with van der Waals surface area (Å²) in [4.78, 5) is 36.9. The van der Waals surface area contributed by atoms with Crippen molar-refractivity contribution in [1.82, 2.24) is 14.7 Å². The van der Waals surface area contributed by atoms with Gasteiger partial charge in [-0.3, -0.25) is 9.59 Å². The second-order valence-corrected chi connectivity index (χ2v) is 6.41. The molecule has 2 N–H and O–H groups in total. The Bertz CT molecular complexity index is 876. The van der Waals surface area contributed by atoms with Crippen molar-refractivity contribution in [3.8, 4) is 0 Å². The van der Waals surface area contributed by atoms with E-state index >= 15 is 0 Å². The second kappa shape index (κ2) is 5.89. The number of carboxylic acid groups (broad SMARTS) is 1. The van der Waals surface area contributed by atoms with Gasteiger partial charge in [0.1, 0.15) is 5.82 Å². The summed E-state index contributed by atoms with van der Waals surface area (Å²) < 4.78 is 0.712. The van der Waals surface area contributed by atoms with Gasteiger partial charge >= 0.3 is 11.5 Å².